The average molecular weight is 357 g/mol. The summed E-state index contributed by atoms with van der Waals surface area (Å²) in [5.74, 6) is 1.00. The zero-order valence-electron chi connectivity index (χ0n) is 14.1. The van der Waals surface area contributed by atoms with E-state index in [1.807, 2.05) is 26.1 Å². The number of amides is 1. The minimum atomic E-state index is -4.74. The van der Waals surface area contributed by atoms with Crippen LogP contribution in [0.5, 0.6) is 5.75 Å². The Labute approximate surface area is 143 Å². The van der Waals surface area contributed by atoms with Crippen LogP contribution >= 0.6 is 0 Å². The maximum absolute atomic E-state index is 12.3. The maximum atomic E-state index is 12.3. The molecule has 5 nitrogen and oxygen atoms in total. The van der Waals surface area contributed by atoms with Crippen molar-refractivity contribution in [3.05, 3.63) is 47.9 Å². The number of likely N-dealkylation sites (N-methyl/N-ethyl adjacent to an activating group) is 1. The van der Waals surface area contributed by atoms with Crippen LogP contribution in [0.2, 0.25) is 0 Å². The second-order valence-electron chi connectivity index (χ2n) is 5.82. The molecule has 0 radical (unpaired) electrons. The van der Waals surface area contributed by atoms with Crippen LogP contribution in [-0.2, 0) is 11.3 Å². The molecule has 0 aliphatic carbocycles. The number of alkyl halides is 3. The van der Waals surface area contributed by atoms with Gasteiger partial charge in [0.05, 0.1) is 7.05 Å². The summed E-state index contributed by atoms with van der Waals surface area (Å²) in [7, 11) is 1.86. The van der Waals surface area contributed by atoms with E-state index < -0.39 is 6.36 Å². The van der Waals surface area contributed by atoms with Gasteiger partial charge in [-0.3, -0.25) is 4.79 Å². The van der Waals surface area contributed by atoms with E-state index in [1.165, 1.54) is 12.1 Å². The smallest absolute Gasteiger partial charge is 0.460 e. The highest BCUT2D eigenvalue weighted by Crippen LogP contribution is 2.23. The highest BCUT2D eigenvalue weighted by molar-refractivity contribution is 5.93. The largest absolute Gasteiger partial charge is 0.573 e. The van der Waals surface area contributed by atoms with Crippen molar-refractivity contribution in [2.45, 2.75) is 32.8 Å². The van der Waals surface area contributed by atoms with E-state index in [0.29, 0.717) is 12.2 Å². The van der Waals surface area contributed by atoms with E-state index in [4.69, 9.17) is 4.42 Å². The summed E-state index contributed by atoms with van der Waals surface area (Å²) < 4.78 is 45.7. The number of hydrogen-bond donors (Lipinski definition) is 2. The zero-order valence-corrected chi connectivity index (χ0v) is 14.1. The zero-order chi connectivity index (χ0) is 18.6. The van der Waals surface area contributed by atoms with Crippen LogP contribution in [0.1, 0.15) is 18.4 Å². The minimum Gasteiger partial charge on any atom is -0.460 e. The van der Waals surface area contributed by atoms with E-state index in [9.17, 15) is 18.0 Å². The number of furan rings is 1. The van der Waals surface area contributed by atoms with E-state index in [1.54, 1.807) is 6.92 Å². The van der Waals surface area contributed by atoms with Crippen LogP contribution in [0.4, 0.5) is 18.9 Å². The van der Waals surface area contributed by atoms with Gasteiger partial charge in [-0.05, 0) is 50.2 Å². The van der Waals surface area contributed by atoms with Gasteiger partial charge in [0, 0.05) is 5.69 Å². The molecule has 136 valence electrons. The second kappa shape index (κ2) is 7.60. The van der Waals surface area contributed by atoms with Gasteiger partial charge in [0.1, 0.15) is 18.1 Å². The number of ether oxygens (including phenoxy) is 1. The third kappa shape index (κ3) is 5.82. The Hall–Kier alpha value is -2.48. The third-order valence-corrected chi connectivity index (χ3v) is 3.74. The summed E-state index contributed by atoms with van der Waals surface area (Å²) in [4.78, 5) is 13.2. The van der Waals surface area contributed by atoms with Crippen LogP contribution < -0.4 is 15.0 Å². The number of aryl methyl sites for hydroxylation is 1. The minimum absolute atomic E-state index is 0.245. The molecule has 0 aliphatic rings. The molecule has 2 atom stereocenters. The molecule has 1 heterocycles. The number of anilines is 1. The topological polar surface area (TPSA) is 55.9 Å². The lowest BCUT2D eigenvalue weighted by Crippen LogP contribution is -3.12. The summed E-state index contributed by atoms with van der Waals surface area (Å²) in [6.45, 7) is 4.16. The number of halogens is 3. The normalized spacial score (nSPS) is 14.0. The lowest BCUT2D eigenvalue weighted by Gasteiger charge is -2.20. The van der Waals surface area contributed by atoms with Gasteiger partial charge >= 0.3 is 6.36 Å². The number of benzene rings is 1. The summed E-state index contributed by atoms with van der Waals surface area (Å²) >= 11 is 0. The lowest BCUT2D eigenvalue weighted by molar-refractivity contribution is -0.908. The first-order chi connectivity index (χ1) is 11.6. The van der Waals surface area contributed by atoms with Gasteiger partial charge < -0.3 is 19.4 Å². The lowest BCUT2D eigenvalue weighted by atomic mass is 10.2. The van der Waals surface area contributed by atoms with Crippen molar-refractivity contribution in [2.24, 2.45) is 0 Å². The van der Waals surface area contributed by atoms with Crippen LogP contribution in [0.15, 0.2) is 40.8 Å². The average Bonchev–Trinajstić information content (AvgIpc) is 2.92. The first-order valence-electron chi connectivity index (χ1n) is 7.68. The summed E-state index contributed by atoms with van der Waals surface area (Å²) in [5, 5.41) is 2.68. The molecule has 1 aromatic carbocycles. The first-order valence-corrected chi connectivity index (χ1v) is 7.68. The van der Waals surface area contributed by atoms with Crippen molar-refractivity contribution in [3.8, 4) is 5.75 Å². The van der Waals surface area contributed by atoms with E-state index in [2.05, 4.69) is 10.1 Å². The molecule has 1 amide bonds. The summed E-state index contributed by atoms with van der Waals surface area (Å²) in [6, 6.07) is 8.36. The first kappa shape index (κ1) is 18.9. The Morgan fingerprint density at radius 1 is 1.24 bits per heavy atom. The second-order valence-corrected chi connectivity index (χ2v) is 5.82. The number of quaternary nitrogens is 1. The summed E-state index contributed by atoms with van der Waals surface area (Å²) in [5.41, 5.74) is 0.396. The Balaban J connectivity index is 1.91. The van der Waals surface area contributed by atoms with Gasteiger partial charge in [-0.2, -0.15) is 0 Å². The number of carbonyl (C=O) groups is 1. The Kier molecular flexibility index (Phi) is 5.73. The molecule has 0 bridgehead atoms. The van der Waals surface area contributed by atoms with Crippen molar-refractivity contribution < 1.29 is 32.0 Å². The van der Waals surface area contributed by atoms with Gasteiger partial charge in [0.2, 0.25) is 0 Å². The van der Waals surface area contributed by atoms with Crippen molar-refractivity contribution in [1.82, 2.24) is 0 Å². The molecule has 1 aromatic heterocycles. The predicted molar refractivity (Wildman–Crippen MR) is 85.3 cm³/mol. The van der Waals surface area contributed by atoms with Gasteiger partial charge in [-0.15, -0.1) is 13.2 Å². The van der Waals surface area contributed by atoms with E-state index in [0.717, 1.165) is 28.6 Å². The predicted octanol–water partition coefficient (Wildman–Crippen LogP) is 2.53. The van der Waals surface area contributed by atoms with E-state index in [-0.39, 0.29) is 17.7 Å². The molecule has 2 rings (SSSR count). The fourth-order valence-corrected chi connectivity index (χ4v) is 2.22. The molecular formula is C17H20F3N2O3+. The SMILES string of the molecule is Cc1ccc(C[NH+](C)[C@@H](C)C(=O)Nc2ccc(OC(F)(F)F)cc2)o1. The molecule has 0 saturated carbocycles. The molecule has 0 fully saturated rings. The highest BCUT2D eigenvalue weighted by atomic mass is 19.4. The van der Waals surface area contributed by atoms with Crippen LogP contribution in [0.25, 0.3) is 0 Å². The Morgan fingerprint density at radius 3 is 2.40 bits per heavy atom. The van der Waals surface area contributed by atoms with Gasteiger partial charge in [0.25, 0.3) is 5.91 Å². The molecule has 0 aliphatic heterocycles. The monoisotopic (exact) mass is 357 g/mol. The molecule has 0 spiro atoms. The molecule has 8 heteroatoms. The van der Waals surface area contributed by atoms with Crippen LogP contribution in [0.3, 0.4) is 0 Å². The van der Waals surface area contributed by atoms with Gasteiger partial charge in [0.15, 0.2) is 11.8 Å². The maximum Gasteiger partial charge on any atom is 0.573 e. The number of hydrogen-bond acceptors (Lipinski definition) is 3. The number of nitrogens with one attached hydrogen (secondary N) is 2. The van der Waals surface area contributed by atoms with Crippen molar-refractivity contribution in [1.29, 1.82) is 0 Å². The molecule has 25 heavy (non-hydrogen) atoms. The fraction of sp³-hybridized carbons (Fsp3) is 0.353. The summed E-state index contributed by atoms with van der Waals surface area (Å²) in [6.07, 6.45) is -4.74. The van der Waals surface area contributed by atoms with Crippen molar-refractivity contribution in [2.75, 3.05) is 12.4 Å². The molecule has 1 unspecified atom stereocenters. The van der Waals surface area contributed by atoms with Gasteiger partial charge in [-0.25, -0.2) is 0 Å². The fourth-order valence-electron chi connectivity index (χ4n) is 2.22. The number of carbonyl (C=O) groups excluding carboxylic acids is 1. The van der Waals surface area contributed by atoms with Crippen molar-refractivity contribution in [3.63, 3.8) is 0 Å². The standard InChI is InChI=1S/C17H19F3N2O3/c1-11-4-7-15(24-11)10-22(3)12(2)16(23)21-13-5-8-14(9-6-13)25-17(18,19)20/h4-9,12H,10H2,1-3H3,(H,21,23)/p+1/t12-/m0/s1. The van der Waals surface area contributed by atoms with Crippen LogP contribution in [-0.4, -0.2) is 25.4 Å². The third-order valence-electron chi connectivity index (χ3n) is 3.74. The van der Waals surface area contributed by atoms with E-state index >= 15 is 0 Å². The highest BCUT2D eigenvalue weighted by Gasteiger charge is 2.31. The van der Waals surface area contributed by atoms with Gasteiger partial charge in [-0.1, -0.05) is 0 Å². The van der Waals surface area contributed by atoms with Crippen LogP contribution in [0, 0.1) is 6.92 Å². The number of rotatable bonds is 6. The Morgan fingerprint density at radius 2 is 1.88 bits per heavy atom. The molecular weight excluding hydrogens is 337 g/mol. The Bertz CT molecular complexity index is 711. The quantitative estimate of drug-likeness (QED) is 0.835. The molecule has 2 N–H and O–H groups in total. The molecule has 0 saturated heterocycles. The molecule has 2 aromatic rings. The van der Waals surface area contributed by atoms with Crippen molar-refractivity contribution >= 4 is 11.6 Å².